The molecular weight excluding hydrogens is 372 g/mol. The van der Waals surface area contributed by atoms with Crippen molar-refractivity contribution < 1.29 is 9.59 Å². The van der Waals surface area contributed by atoms with E-state index in [1.54, 1.807) is 0 Å². The third-order valence-corrected chi connectivity index (χ3v) is 2.00. The lowest BCUT2D eigenvalue weighted by Gasteiger charge is -1.69. The van der Waals surface area contributed by atoms with E-state index in [1.807, 2.05) is 109 Å². The van der Waals surface area contributed by atoms with Crippen LogP contribution in [-0.4, -0.2) is 12.2 Å². The summed E-state index contributed by atoms with van der Waals surface area (Å²) in [5.41, 5.74) is 0. The van der Waals surface area contributed by atoms with Gasteiger partial charge in [0.2, 0.25) is 12.2 Å². The van der Waals surface area contributed by atoms with E-state index in [1.165, 1.54) is 0 Å². The standard InChI is InChI=1S/3C6H6.2CHNO.6CH4/c3*1-2-4-6-5-3-1;2*2-1-3;;;;;;/h3*1-6H;2*2H;6*1H4. The zero-order chi connectivity index (χ0) is 18.1. The average Bonchev–Trinajstić information content (AvgIpc) is 2.68. The Hall–Kier alpha value is -3.58. The molecule has 0 amide bonds. The summed E-state index contributed by atoms with van der Waals surface area (Å²) in [5, 5.41) is 10.8. The minimum absolute atomic E-state index is 0. The van der Waals surface area contributed by atoms with Crippen LogP contribution in [0.1, 0.15) is 44.6 Å². The third kappa shape index (κ3) is 64.4. The van der Waals surface area contributed by atoms with Gasteiger partial charge in [-0.25, -0.2) is 20.4 Å². The van der Waals surface area contributed by atoms with Gasteiger partial charge >= 0.3 is 0 Å². The molecule has 0 radical (unpaired) electrons. The van der Waals surface area contributed by atoms with Crippen molar-refractivity contribution in [3.63, 3.8) is 0 Å². The highest BCUT2D eigenvalue weighted by Crippen LogP contribution is 1.81. The van der Waals surface area contributed by atoms with Crippen molar-refractivity contribution in [2.24, 2.45) is 0 Å². The number of rotatable bonds is 0. The number of hydrogen-bond acceptors (Lipinski definition) is 4. The monoisotopic (exact) mass is 416 g/mol. The summed E-state index contributed by atoms with van der Waals surface area (Å²) in [4.78, 5) is 16.7. The van der Waals surface area contributed by atoms with E-state index in [4.69, 9.17) is 20.4 Å². The van der Waals surface area contributed by atoms with E-state index in [0.29, 0.717) is 0 Å². The lowest BCUT2D eigenvalue weighted by atomic mass is 10.4. The number of isocyanates is 2. The molecule has 3 aromatic rings. The normalized spacial score (nSPS) is 5.33. The average molecular weight is 417 g/mol. The summed E-state index contributed by atoms with van der Waals surface area (Å²) in [6.07, 6.45) is 1.50. The zero-order valence-electron chi connectivity index (χ0n) is 13.2. The molecule has 0 saturated carbocycles. The maximum Gasteiger partial charge on any atom is 0.231 e. The number of hydrogen-bond donors (Lipinski definition) is 2. The van der Waals surface area contributed by atoms with Gasteiger partial charge in [-0.3, -0.25) is 0 Å². The van der Waals surface area contributed by atoms with Gasteiger partial charge < -0.3 is 0 Å². The summed E-state index contributed by atoms with van der Waals surface area (Å²) in [6, 6.07) is 36.0. The van der Waals surface area contributed by atoms with Crippen LogP contribution in [0.4, 0.5) is 0 Å². The van der Waals surface area contributed by atoms with Crippen molar-refractivity contribution in [2.45, 2.75) is 44.6 Å². The second kappa shape index (κ2) is 56.2. The molecule has 0 unspecified atom stereocenters. The lowest BCUT2D eigenvalue weighted by Crippen LogP contribution is -1.47. The number of benzene rings is 3. The molecule has 0 atom stereocenters. The molecule has 0 heterocycles. The highest BCUT2D eigenvalue weighted by molar-refractivity contribution is 5.26. The molecule has 4 heteroatoms. The summed E-state index contributed by atoms with van der Waals surface area (Å²) in [6.45, 7) is 0. The molecule has 3 aromatic carbocycles. The quantitative estimate of drug-likeness (QED) is 0.284. The molecule has 170 valence electrons. The van der Waals surface area contributed by atoms with Crippen LogP contribution in [0.15, 0.2) is 109 Å². The van der Waals surface area contributed by atoms with Gasteiger partial charge in [0.1, 0.15) is 0 Å². The van der Waals surface area contributed by atoms with E-state index in [2.05, 4.69) is 0 Å². The first-order chi connectivity index (χ1) is 11.8. The number of carbonyl (C=O) groups excluding carboxylic acids is 2. The summed E-state index contributed by atoms with van der Waals surface area (Å²) >= 11 is 0. The van der Waals surface area contributed by atoms with Crippen molar-refractivity contribution in [1.82, 2.24) is 0 Å². The van der Waals surface area contributed by atoms with E-state index in [-0.39, 0.29) is 44.6 Å². The Morgan fingerprint density at radius 2 is 0.333 bits per heavy atom. The molecule has 0 aliphatic rings. The van der Waals surface area contributed by atoms with Crippen LogP contribution < -0.4 is 0 Å². The molecule has 3 rings (SSSR count). The SMILES string of the molecule is C.C.C.C.C.C.N=C=O.N=C=O.c1ccccc1.c1ccccc1.c1ccccc1. The first-order valence-electron chi connectivity index (χ1n) is 6.91. The zero-order valence-corrected chi connectivity index (χ0v) is 13.2. The highest BCUT2D eigenvalue weighted by Gasteiger charge is 1.59. The fraction of sp³-hybridized carbons (Fsp3) is 0.231. The topological polar surface area (TPSA) is 81.8 Å². The van der Waals surface area contributed by atoms with Crippen LogP contribution in [0, 0.1) is 10.8 Å². The third-order valence-electron chi connectivity index (χ3n) is 2.00. The second-order valence-electron chi connectivity index (χ2n) is 3.67. The van der Waals surface area contributed by atoms with Gasteiger partial charge in [-0.15, -0.1) is 0 Å². The van der Waals surface area contributed by atoms with E-state index < -0.39 is 0 Å². The Morgan fingerprint density at radius 1 is 0.300 bits per heavy atom. The largest absolute Gasteiger partial charge is 0.231 e. The van der Waals surface area contributed by atoms with E-state index in [9.17, 15) is 0 Å². The highest BCUT2D eigenvalue weighted by atomic mass is 16.1. The van der Waals surface area contributed by atoms with Crippen LogP contribution in [-0.2, 0) is 9.59 Å². The van der Waals surface area contributed by atoms with Gasteiger partial charge in [-0.2, -0.15) is 0 Å². The molecule has 0 bridgehead atoms. The van der Waals surface area contributed by atoms with Gasteiger partial charge in [0.25, 0.3) is 0 Å². The molecule has 0 aliphatic heterocycles. The summed E-state index contributed by atoms with van der Waals surface area (Å²) in [5.74, 6) is 0. The van der Waals surface area contributed by atoms with Crippen LogP contribution >= 0.6 is 0 Å². The molecule has 0 aromatic heterocycles. The van der Waals surface area contributed by atoms with Gasteiger partial charge in [-0.05, 0) is 0 Å². The number of nitrogens with one attached hydrogen (secondary N) is 2. The summed E-state index contributed by atoms with van der Waals surface area (Å²) in [7, 11) is 0. The van der Waals surface area contributed by atoms with Gasteiger partial charge in [0.15, 0.2) is 0 Å². The van der Waals surface area contributed by atoms with Crippen molar-refractivity contribution in [3.8, 4) is 0 Å². The lowest BCUT2D eigenvalue weighted by molar-refractivity contribution is 0.562. The fourth-order valence-electron chi connectivity index (χ4n) is 1.15. The van der Waals surface area contributed by atoms with Crippen LogP contribution in [0.5, 0.6) is 0 Å². The molecular formula is C26H44N2O2. The van der Waals surface area contributed by atoms with Crippen molar-refractivity contribution in [2.75, 3.05) is 0 Å². The van der Waals surface area contributed by atoms with E-state index in [0.717, 1.165) is 12.2 Å². The Balaban J connectivity index is -0.0000000329. The fourth-order valence-corrected chi connectivity index (χ4v) is 1.15. The van der Waals surface area contributed by atoms with Crippen molar-refractivity contribution in [1.29, 1.82) is 10.8 Å². The van der Waals surface area contributed by atoms with Crippen molar-refractivity contribution in [3.05, 3.63) is 109 Å². The van der Waals surface area contributed by atoms with Crippen molar-refractivity contribution >= 4 is 12.2 Å². The first-order valence-corrected chi connectivity index (χ1v) is 6.91. The maximum absolute atomic E-state index is 8.35. The minimum atomic E-state index is 0. The molecule has 0 fully saturated rings. The second-order valence-corrected chi connectivity index (χ2v) is 3.67. The van der Waals surface area contributed by atoms with Crippen LogP contribution in [0.25, 0.3) is 0 Å². The molecule has 0 aliphatic carbocycles. The molecule has 0 spiro atoms. The Morgan fingerprint density at radius 3 is 0.367 bits per heavy atom. The first kappa shape index (κ1) is 50.3. The predicted molar refractivity (Wildman–Crippen MR) is 137 cm³/mol. The minimum Gasteiger partial charge on any atom is -0.222 e. The van der Waals surface area contributed by atoms with E-state index >= 15 is 0 Å². The van der Waals surface area contributed by atoms with Crippen LogP contribution in [0.3, 0.4) is 0 Å². The van der Waals surface area contributed by atoms with Gasteiger partial charge in [0, 0.05) is 0 Å². The Kier molecular flexibility index (Phi) is 94.3. The maximum atomic E-state index is 8.35. The Bertz CT molecular complexity index is 452. The summed E-state index contributed by atoms with van der Waals surface area (Å²) < 4.78 is 0. The molecule has 30 heavy (non-hydrogen) atoms. The predicted octanol–water partition coefficient (Wildman–Crippen LogP) is 8.68. The van der Waals surface area contributed by atoms with Gasteiger partial charge in [-0.1, -0.05) is 154 Å². The van der Waals surface area contributed by atoms with Crippen LogP contribution in [0.2, 0.25) is 0 Å². The molecule has 0 saturated heterocycles. The Labute approximate surface area is 186 Å². The molecule has 4 nitrogen and oxygen atoms in total. The van der Waals surface area contributed by atoms with Gasteiger partial charge in [0.05, 0.1) is 0 Å². The molecule has 2 N–H and O–H groups in total. The smallest absolute Gasteiger partial charge is 0.222 e.